The maximum absolute atomic E-state index is 13.1. The van der Waals surface area contributed by atoms with Gasteiger partial charge in [-0.05, 0) is 19.9 Å². The van der Waals surface area contributed by atoms with Crippen LogP contribution in [0.1, 0.15) is 21.6 Å². The number of hydrogen-bond acceptors (Lipinski definition) is 5. The number of aromatic nitrogens is 2. The number of pyridine rings is 1. The lowest BCUT2D eigenvalue weighted by atomic mass is 10.0. The second-order valence-electron chi connectivity index (χ2n) is 6.50. The Morgan fingerprint density at radius 3 is 2.61 bits per heavy atom. The quantitative estimate of drug-likeness (QED) is 0.614. The predicted molar refractivity (Wildman–Crippen MR) is 100 cm³/mol. The molecule has 0 aliphatic carbocycles. The Hall–Kier alpha value is -2.87. The van der Waals surface area contributed by atoms with Crippen molar-refractivity contribution >= 4 is 17.0 Å². The van der Waals surface area contributed by atoms with Gasteiger partial charge >= 0.3 is 0 Å². The van der Waals surface area contributed by atoms with Crippen molar-refractivity contribution in [1.29, 1.82) is 0 Å². The minimum Gasteiger partial charge on any atom is -0.383 e. The molecule has 1 amide bonds. The van der Waals surface area contributed by atoms with Gasteiger partial charge in [-0.1, -0.05) is 35.0 Å². The summed E-state index contributed by atoms with van der Waals surface area (Å²) in [6.07, 6.45) is -2.65. The second-order valence-corrected chi connectivity index (χ2v) is 6.50. The Morgan fingerprint density at radius 1 is 1.25 bits per heavy atom. The Morgan fingerprint density at radius 2 is 1.96 bits per heavy atom. The number of carbonyl (C=O) groups excluding carboxylic acids is 1. The van der Waals surface area contributed by atoms with E-state index in [1.54, 1.807) is 13.0 Å². The molecule has 28 heavy (non-hydrogen) atoms. The smallest absolute Gasteiger partial charge is 0.259 e. The molecule has 2 heterocycles. The molecule has 3 rings (SSSR count). The molecule has 0 saturated heterocycles. The predicted octanol–water partition coefficient (Wildman–Crippen LogP) is 3.86. The summed E-state index contributed by atoms with van der Waals surface area (Å²) in [5.41, 5.74) is 3.28. The average Bonchev–Trinajstić information content (AvgIpc) is 3.05. The van der Waals surface area contributed by atoms with Gasteiger partial charge in [-0.3, -0.25) is 4.79 Å². The van der Waals surface area contributed by atoms with Crippen LogP contribution in [0, 0.1) is 13.8 Å². The molecule has 0 spiro atoms. The molecule has 0 aliphatic rings. The zero-order chi connectivity index (χ0) is 20.3. The van der Waals surface area contributed by atoms with E-state index in [1.807, 2.05) is 31.2 Å². The number of aryl methyl sites for hydroxylation is 2. The van der Waals surface area contributed by atoms with Crippen LogP contribution in [-0.2, 0) is 4.74 Å². The lowest BCUT2D eigenvalue weighted by Gasteiger charge is -2.22. The van der Waals surface area contributed by atoms with Gasteiger partial charge in [0.25, 0.3) is 18.0 Å². The van der Waals surface area contributed by atoms with Crippen LogP contribution in [0.2, 0.25) is 0 Å². The Balaban J connectivity index is 2.10. The van der Waals surface area contributed by atoms with Gasteiger partial charge in [-0.25, -0.2) is 13.8 Å². The van der Waals surface area contributed by atoms with E-state index < -0.39 is 18.9 Å². The molecule has 2 aromatic heterocycles. The van der Waals surface area contributed by atoms with Crippen molar-refractivity contribution in [3.05, 3.63) is 47.2 Å². The van der Waals surface area contributed by atoms with Crippen molar-refractivity contribution in [3.8, 4) is 11.3 Å². The Labute approximate surface area is 161 Å². The molecule has 0 unspecified atom stereocenters. The number of alkyl halides is 2. The summed E-state index contributed by atoms with van der Waals surface area (Å²) in [7, 11) is 1.45. The molecule has 0 atom stereocenters. The van der Waals surface area contributed by atoms with Crippen LogP contribution < -0.4 is 0 Å². The fourth-order valence-corrected chi connectivity index (χ4v) is 2.95. The summed E-state index contributed by atoms with van der Waals surface area (Å²) in [6.45, 7) is 3.17. The highest BCUT2D eigenvalue weighted by Crippen LogP contribution is 2.28. The first-order valence-corrected chi connectivity index (χ1v) is 8.81. The summed E-state index contributed by atoms with van der Waals surface area (Å²) in [5.74, 6) is -0.538. The minimum absolute atomic E-state index is 0.0493. The topological polar surface area (TPSA) is 68.5 Å². The summed E-state index contributed by atoms with van der Waals surface area (Å²) in [4.78, 5) is 18.7. The largest absolute Gasteiger partial charge is 0.383 e. The molecule has 1 aromatic carbocycles. The number of carbonyl (C=O) groups is 1. The molecule has 0 radical (unpaired) electrons. The van der Waals surface area contributed by atoms with Gasteiger partial charge in [0.2, 0.25) is 0 Å². The highest BCUT2D eigenvalue weighted by molar-refractivity contribution is 6.07. The third kappa shape index (κ3) is 4.17. The number of ether oxygens (including phenoxy) is 1. The van der Waals surface area contributed by atoms with Gasteiger partial charge in [0, 0.05) is 19.2 Å². The first-order valence-electron chi connectivity index (χ1n) is 8.81. The number of halogens is 2. The number of benzene rings is 1. The fourth-order valence-electron chi connectivity index (χ4n) is 2.95. The van der Waals surface area contributed by atoms with Crippen LogP contribution in [0.5, 0.6) is 0 Å². The van der Waals surface area contributed by atoms with Crippen molar-refractivity contribution in [2.24, 2.45) is 0 Å². The van der Waals surface area contributed by atoms with E-state index >= 15 is 0 Å². The molecule has 3 aromatic rings. The number of rotatable bonds is 7. The van der Waals surface area contributed by atoms with E-state index in [2.05, 4.69) is 10.1 Å². The van der Waals surface area contributed by atoms with E-state index in [0.717, 1.165) is 16.0 Å². The van der Waals surface area contributed by atoms with E-state index in [-0.39, 0.29) is 24.4 Å². The molecule has 0 aliphatic heterocycles. The van der Waals surface area contributed by atoms with Crippen molar-refractivity contribution in [2.45, 2.75) is 20.3 Å². The summed E-state index contributed by atoms with van der Waals surface area (Å²) < 4.78 is 36.3. The lowest BCUT2D eigenvalue weighted by molar-refractivity contribution is 0.0479. The molecular formula is C20H21F2N3O3. The molecular weight excluding hydrogens is 368 g/mol. The van der Waals surface area contributed by atoms with Crippen LogP contribution in [0.3, 0.4) is 0 Å². The van der Waals surface area contributed by atoms with E-state index in [4.69, 9.17) is 9.26 Å². The van der Waals surface area contributed by atoms with Crippen LogP contribution in [0.4, 0.5) is 8.78 Å². The normalized spacial score (nSPS) is 11.4. The standard InChI is InChI=1S/C20H21F2N3O3/c1-12-4-6-14(7-5-12)16-10-15(18-13(2)24-28-19(18)23-16)20(26)25(8-9-27-3)11-17(21)22/h4-7,10,17H,8-9,11H2,1-3H3. The third-order valence-corrected chi connectivity index (χ3v) is 4.41. The Kier molecular flexibility index (Phi) is 5.99. The van der Waals surface area contributed by atoms with E-state index in [9.17, 15) is 13.6 Å². The molecule has 8 heteroatoms. The summed E-state index contributed by atoms with van der Waals surface area (Å²) in [5, 5.41) is 4.32. The molecule has 6 nitrogen and oxygen atoms in total. The minimum atomic E-state index is -2.65. The van der Waals surface area contributed by atoms with Crippen LogP contribution in [-0.4, -0.2) is 54.2 Å². The van der Waals surface area contributed by atoms with E-state index in [1.165, 1.54) is 7.11 Å². The van der Waals surface area contributed by atoms with Crippen LogP contribution in [0.25, 0.3) is 22.4 Å². The van der Waals surface area contributed by atoms with Crippen LogP contribution in [0.15, 0.2) is 34.9 Å². The zero-order valence-corrected chi connectivity index (χ0v) is 15.9. The van der Waals surface area contributed by atoms with Gasteiger partial charge in [0.15, 0.2) is 0 Å². The van der Waals surface area contributed by atoms with Gasteiger partial charge in [-0.15, -0.1) is 0 Å². The molecule has 148 valence electrons. The molecule has 0 saturated carbocycles. The van der Waals surface area contributed by atoms with Crippen molar-refractivity contribution in [2.75, 3.05) is 26.8 Å². The number of nitrogens with zero attached hydrogens (tertiary/aromatic N) is 3. The van der Waals surface area contributed by atoms with Crippen molar-refractivity contribution in [1.82, 2.24) is 15.0 Å². The van der Waals surface area contributed by atoms with E-state index in [0.29, 0.717) is 16.8 Å². The van der Waals surface area contributed by atoms with Gasteiger partial charge < -0.3 is 14.2 Å². The number of methoxy groups -OCH3 is 1. The first kappa shape index (κ1) is 19.9. The molecule has 0 fully saturated rings. The third-order valence-electron chi connectivity index (χ3n) is 4.41. The van der Waals surface area contributed by atoms with Gasteiger partial charge in [0.05, 0.1) is 35.5 Å². The molecule has 0 bridgehead atoms. The first-order chi connectivity index (χ1) is 13.4. The van der Waals surface area contributed by atoms with Crippen molar-refractivity contribution in [3.63, 3.8) is 0 Å². The SMILES string of the molecule is COCCN(CC(F)F)C(=O)c1cc(-c2ccc(C)cc2)nc2onc(C)c12. The monoisotopic (exact) mass is 389 g/mol. The lowest BCUT2D eigenvalue weighted by Crippen LogP contribution is -2.37. The number of hydrogen-bond donors (Lipinski definition) is 0. The zero-order valence-electron chi connectivity index (χ0n) is 15.9. The highest BCUT2D eigenvalue weighted by atomic mass is 19.3. The van der Waals surface area contributed by atoms with Crippen LogP contribution >= 0.6 is 0 Å². The maximum atomic E-state index is 13.1. The molecule has 0 N–H and O–H groups in total. The number of amides is 1. The Bertz CT molecular complexity index is 971. The van der Waals surface area contributed by atoms with Gasteiger partial charge in [-0.2, -0.15) is 0 Å². The fraction of sp³-hybridized carbons (Fsp3) is 0.350. The van der Waals surface area contributed by atoms with Gasteiger partial charge in [0.1, 0.15) is 0 Å². The number of fused-ring (bicyclic) bond motifs is 1. The summed E-state index contributed by atoms with van der Waals surface area (Å²) >= 11 is 0. The van der Waals surface area contributed by atoms with Crippen molar-refractivity contribution < 1.29 is 22.8 Å². The maximum Gasteiger partial charge on any atom is 0.259 e. The second kappa shape index (κ2) is 8.43. The average molecular weight is 389 g/mol. The highest BCUT2D eigenvalue weighted by Gasteiger charge is 2.25. The summed E-state index contributed by atoms with van der Waals surface area (Å²) in [6, 6.07) is 9.21.